The molecule has 3 aliphatic rings. The number of nitrogens with one attached hydrogen (secondary N) is 1. The van der Waals surface area contributed by atoms with Gasteiger partial charge in [-0.2, -0.15) is 0 Å². The van der Waals surface area contributed by atoms with Gasteiger partial charge in [-0.05, 0) is 18.2 Å². The number of hydrogen-bond donors (Lipinski definition) is 1. The van der Waals surface area contributed by atoms with E-state index in [-0.39, 0.29) is 25.3 Å². The standard InChI is InChI=1S/C20H25N5O6/c1-3-22-6-7-23-15-5-4-14(25(29)30)10-13(15)11-20(16(23)12-22)17(26)21-19(28)24(18(20)27)8-9-31-2/h4-5,10,16H,3,6-9,11-12H2,1-2H3,(H,21,26,28)/t16-,20-/m0/s1. The van der Waals surface area contributed by atoms with Gasteiger partial charge in [-0.25, -0.2) is 4.79 Å². The van der Waals surface area contributed by atoms with Crippen molar-refractivity contribution in [1.29, 1.82) is 0 Å². The number of amides is 4. The van der Waals surface area contributed by atoms with Gasteiger partial charge in [0.2, 0.25) is 11.8 Å². The summed E-state index contributed by atoms with van der Waals surface area (Å²) in [5.74, 6) is -1.23. The molecule has 0 aromatic heterocycles. The van der Waals surface area contributed by atoms with E-state index in [2.05, 4.69) is 10.2 Å². The topological polar surface area (TPSA) is 125 Å². The first-order chi connectivity index (χ1) is 14.8. The number of carbonyl (C=O) groups excluding carboxylic acids is 3. The molecule has 1 spiro atoms. The summed E-state index contributed by atoms with van der Waals surface area (Å²) in [4.78, 5) is 55.5. The minimum Gasteiger partial charge on any atom is -0.383 e. The summed E-state index contributed by atoms with van der Waals surface area (Å²) in [6, 6.07) is 3.29. The number of nitro groups is 1. The molecule has 1 aromatic carbocycles. The number of barbiturate groups is 1. The first-order valence-electron chi connectivity index (χ1n) is 10.3. The Morgan fingerprint density at radius 1 is 1.29 bits per heavy atom. The molecule has 0 bridgehead atoms. The van der Waals surface area contributed by atoms with Crippen LogP contribution < -0.4 is 10.2 Å². The zero-order valence-corrected chi connectivity index (χ0v) is 17.5. The van der Waals surface area contributed by atoms with Crippen molar-refractivity contribution >= 4 is 29.2 Å². The highest BCUT2D eigenvalue weighted by atomic mass is 16.6. The first kappa shape index (κ1) is 21.2. The molecule has 0 radical (unpaired) electrons. The second-order valence-electron chi connectivity index (χ2n) is 8.03. The molecule has 0 saturated carbocycles. The minimum absolute atomic E-state index is 0.00976. The number of carbonyl (C=O) groups is 3. The van der Waals surface area contributed by atoms with E-state index in [9.17, 15) is 24.5 Å². The number of imide groups is 2. The highest BCUT2D eigenvalue weighted by molar-refractivity contribution is 6.20. The van der Waals surface area contributed by atoms with Gasteiger partial charge in [0, 0.05) is 51.0 Å². The highest BCUT2D eigenvalue weighted by Crippen LogP contribution is 2.46. The van der Waals surface area contributed by atoms with Gasteiger partial charge in [-0.15, -0.1) is 0 Å². The number of urea groups is 1. The maximum absolute atomic E-state index is 13.7. The Balaban J connectivity index is 1.85. The van der Waals surface area contributed by atoms with Crippen molar-refractivity contribution in [2.24, 2.45) is 5.41 Å². The smallest absolute Gasteiger partial charge is 0.330 e. The molecule has 2 atom stereocenters. The molecular weight excluding hydrogens is 406 g/mol. The van der Waals surface area contributed by atoms with Crippen molar-refractivity contribution in [2.75, 3.05) is 51.3 Å². The van der Waals surface area contributed by atoms with Gasteiger partial charge in [0.05, 0.1) is 24.1 Å². The average Bonchev–Trinajstić information content (AvgIpc) is 2.76. The van der Waals surface area contributed by atoms with Crippen molar-refractivity contribution in [3.05, 3.63) is 33.9 Å². The van der Waals surface area contributed by atoms with E-state index in [1.54, 1.807) is 6.07 Å². The average molecular weight is 431 g/mol. The third-order valence-corrected chi connectivity index (χ3v) is 6.55. The van der Waals surface area contributed by atoms with Crippen LogP contribution in [0.25, 0.3) is 0 Å². The molecule has 0 aliphatic carbocycles. The molecule has 2 fully saturated rings. The number of benzene rings is 1. The number of rotatable bonds is 5. The lowest BCUT2D eigenvalue weighted by atomic mass is 9.67. The van der Waals surface area contributed by atoms with Crippen LogP contribution in [0.5, 0.6) is 0 Å². The number of fused-ring (bicyclic) bond motifs is 4. The summed E-state index contributed by atoms with van der Waals surface area (Å²) in [5, 5.41) is 13.7. The molecule has 4 amide bonds. The predicted octanol–water partition coefficient (Wildman–Crippen LogP) is 0.373. The van der Waals surface area contributed by atoms with Crippen LogP contribution in [0.3, 0.4) is 0 Å². The van der Waals surface area contributed by atoms with E-state index in [1.807, 2.05) is 11.8 Å². The van der Waals surface area contributed by atoms with Crippen molar-refractivity contribution in [3.63, 3.8) is 0 Å². The Kier molecular flexibility index (Phi) is 5.40. The number of anilines is 1. The van der Waals surface area contributed by atoms with Crippen molar-refractivity contribution in [3.8, 4) is 0 Å². The second-order valence-corrected chi connectivity index (χ2v) is 8.03. The Morgan fingerprint density at radius 3 is 2.74 bits per heavy atom. The molecule has 2 saturated heterocycles. The number of ether oxygens (including phenoxy) is 1. The van der Waals surface area contributed by atoms with E-state index < -0.39 is 34.2 Å². The van der Waals surface area contributed by atoms with Crippen molar-refractivity contribution in [2.45, 2.75) is 19.4 Å². The van der Waals surface area contributed by atoms with Crippen LogP contribution in [0.4, 0.5) is 16.2 Å². The van der Waals surface area contributed by atoms with Crippen LogP contribution in [0.1, 0.15) is 12.5 Å². The monoisotopic (exact) mass is 431 g/mol. The van der Waals surface area contributed by atoms with Gasteiger partial charge in [0.25, 0.3) is 5.69 Å². The maximum Gasteiger partial charge on any atom is 0.330 e. The van der Waals surface area contributed by atoms with Gasteiger partial charge in [-0.1, -0.05) is 6.92 Å². The Hall–Kier alpha value is -3.05. The fourth-order valence-electron chi connectivity index (χ4n) is 4.90. The molecule has 4 rings (SSSR count). The summed E-state index contributed by atoms with van der Waals surface area (Å²) in [7, 11) is 1.46. The van der Waals surface area contributed by atoms with Crippen LogP contribution in [0.2, 0.25) is 0 Å². The quantitative estimate of drug-likeness (QED) is 0.403. The number of nitro benzene ring substituents is 1. The molecule has 1 N–H and O–H groups in total. The zero-order valence-electron chi connectivity index (χ0n) is 17.5. The van der Waals surface area contributed by atoms with E-state index in [0.29, 0.717) is 18.7 Å². The summed E-state index contributed by atoms with van der Waals surface area (Å²) in [6.45, 7) is 4.70. The lowest BCUT2D eigenvalue weighted by molar-refractivity contribution is -0.384. The SMILES string of the molecule is CCN1CCN2c3ccc([N+](=O)[O-])cc3C[C@@]3(C(=O)NC(=O)N(CCOC)C3=O)[C@@H]2C1. The predicted molar refractivity (Wildman–Crippen MR) is 110 cm³/mol. The second kappa shape index (κ2) is 7.89. The fourth-order valence-corrected chi connectivity index (χ4v) is 4.90. The summed E-state index contributed by atoms with van der Waals surface area (Å²) >= 11 is 0. The molecule has 31 heavy (non-hydrogen) atoms. The third kappa shape index (κ3) is 3.24. The fraction of sp³-hybridized carbons (Fsp3) is 0.550. The summed E-state index contributed by atoms with van der Waals surface area (Å²) < 4.78 is 5.03. The largest absolute Gasteiger partial charge is 0.383 e. The molecule has 3 aliphatic heterocycles. The van der Waals surface area contributed by atoms with Gasteiger partial charge in [0.1, 0.15) is 0 Å². The molecule has 11 heteroatoms. The van der Waals surface area contributed by atoms with Crippen LogP contribution in [0, 0.1) is 15.5 Å². The summed E-state index contributed by atoms with van der Waals surface area (Å²) in [5.41, 5.74) is -0.314. The zero-order chi connectivity index (χ0) is 22.3. The Labute approximate surface area is 179 Å². The number of hydrogen-bond acceptors (Lipinski definition) is 8. The number of piperazine rings is 1. The van der Waals surface area contributed by atoms with E-state index >= 15 is 0 Å². The molecule has 1 aromatic rings. The van der Waals surface area contributed by atoms with E-state index in [1.165, 1.54) is 19.2 Å². The van der Waals surface area contributed by atoms with Gasteiger partial charge < -0.3 is 9.64 Å². The number of non-ortho nitro benzene ring substituents is 1. The van der Waals surface area contributed by atoms with Crippen molar-refractivity contribution in [1.82, 2.24) is 15.1 Å². The van der Waals surface area contributed by atoms with Gasteiger partial charge in [0.15, 0.2) is 5.41 Å². The van der Waals surface area contributed by atoms with Crippen LogP contribution >= 0.6 is 0 Å². The third-order valence-electron chi connectivity index (χ3n) is 6.55. The molecule has 0 unspecified atom stereocenters. The van der Waals surface area contributed by atoms with E-state index in [4.69, 9.17) is 4.74 Å². The number of nitrogens with zero attached hydrogens (tertiary/aromatic N) is 4. The van der Waals surface area contributed by atoms with E-state index in [0.717, 1.165) is 23.7 Å². The van der Waals surface area contributed by atoms with Crippen LogP contribution in [-0.2, 0) is 20.7 Å². The molecule has 166 valence electrons. The lowest BCUT2D eigenvalue weighted by Gasteiger charge is -2.55. The molecular formula is C20H25N5O6. The molecule has 3 heterocycles. The molecule has 11 nitrogen and oxygen atoms in total. The Morgan fingerprint density at radius 2 is 2.06 bits per heavy atom. The first-order valence-corrected chi connectivity index (χ1v) is 10.3. The minimum atomic E-state index is -1.56. The number of likely N-dealkylation sites (N-methyl/N-ethyl adjacent to an activating group) is 1. The lowest BCUT2D eigenvalue weighted by Crippen LogP contribution is -2.75. The highest BCUT2D eigenvalue weighted by Gasteiger charge is 2.62. The normalized spacial score (nSPS) is 26.0. The van der Waals surface area contributed by atoms with Gasteiger partial charge in [-0.3, -0.25) is 34.8 Å². The van der Waals surface area contributed by atoms with Crippen LogP contribution in [0.15, 0.2) is 18.2 Å². The Bertz CT molecular complexity index is 952. The number of methoxy groups -OCH3 is 1. The van der Waals surface area contributed by atoms with Crippen LogP contribution in [-0.4, -0.2) is 85.1 Å². The van der Waals surface area contributed by atoms with Crippen molar-refractivity contribution < 1.29 is 24.0 Å². The van der Waals surface area contributed by atoms with Gasteiger partial charge >= 0.3 is 6.03 Å². The maximum atomic E-state index is 13.7. The summed E-state index contributed by atoms with van der Waals surface area (Å²) in [6.07, 6.45) is -0.00976.